The molecule has 1 aromatic carbocycles. The highest BCUT2D eigenvalue weighted by atomic mass is 32.1. The van der Waals surface area contributed by atoms with Gasteiger partial charge in [-0.2, -0.15) is 0 Å². The van der Waals surface area contributed by atoms with Crippen molar-refractivity contribution >= 4 is 22.4 Å². The molecule has 1 amide bonds. The molecule has 2 heterocycles. The molecule has 3 aromatic rings. The number of nitrogens with one attached hydrogen (secondary N) is 1. The van der Waals surface area contributed by atoms with Crippen molar-refractivity contribution in [3.8, 4) is 0 Å². The molecule has 106 valence electrons. The molecule has 0 saturated carbocycles. The van der Waals surface area contributed by atoms with Gasteiger partial charge in [0, 0.05) is 30.7 Å². The van der Waals surface area contributed by atoms with Crippen LogP contribution in [0.3, 0.4) is 0 Å². The minimum absolute atomic E-state index is 0.136. The van der Waals surface area contributed by atoms with Gasteiger partial charge in [-0.1, -0.05) is 30.3 Å². The molecule has 21 heavy (non-hydrogen) atoms. The highest BCUT2D eigenvalue weighted by Gasteiger charge is 2.11. The summed E-state index contributed by atoms with van der Waals surface area (Å²) in [5.41, 5.74) is 1.86. The molecular weight excluding hydrogens is 282 g/mol. The molecule has 4 nitrogen and oxygen atoms in total. The lowest BCUT2D eigenvalue weighted by atomic mass is 10.1. The molecule has 2 aromatic heterocycles. The maximum Gasteiger partial charge on any atom is 0.274 e. The maximum atomic E-state index is 12.1. The lowest BCUT2D eigenvalue weighted by Gasteiger charge is -2.02. The van der Waals surface area contributed by atoms with E-state index in [4.69, 9.17) is 0 Å². The normalized spacial score (nSPS) is 10.5. The van der Waals surface area contributed by atoms with E-state index in [1.54, 1.807) is 10.6 Å². The quantitative estimate of drug-likeness (QED) is 0.803. The fraction of sp³-hybridized carbons (Fsp3) is 0.125. The molecular formula is C16H15N3OS. The van der Waals surface area contributed by atoms with Gasteiger partial charge in [-0.15, -0.1) is 11.3 Å². The molecule has 0 radical (unpaired) electrons. The van der Waals surface area contributed by atoms with E-state index in [0.29, 0.717) is 10.8 Å². The summed E-state index contributed by atoms with van der Waals surface area (Å²) in [5.74, 6) is -0.136. The number of hydrogen-bond acceptors (Lipinski definition) is 3. The van der Waals surface area contributed by atoms with Crippen molar-refractivity contribution in [2.45, 2.75) is 6.42 Å². The van der Waals surface area contributed by atoms with E-state index in [2.05, 4.69) is 22.4 Å². The molecule has 5 heteroatoms. The number of anilines is 1. The van der Waals surface area contributed by atoms with E-state index in [-0.39, 0.29) is 5.91 Å². The van der Waals surface area contributed by atoms with Crippen molar-refractivity contribution in [1.82, 2.24) is 9.55 Å². The second-order valence-electron chi connectivity index (χ2n) is 4.75. The molecule has 0 bridgehead atoms. The first-order chi connectivity index (χ1) is 10.2. The summed E-state index contributed by atoms with van der Waals surface area (Å²) >= 11 is 1.51. The minimum atomic E-state index is -0.136. The summed E-state index contributed by atoms with van der Waals surface area (Å²) in [4.78, 5) is 17.5. The van der Waals surface area contributed by atoms with Crippen molar-refractivity contribution in [2.24, 2.45) is 7.05 Å². The SMILES string of the molecule is Cn1cccc1C(=O)Nc1ncc(Cc2ccccc2)s1. The number of aromatic nitrogens is 2. The third kappa shape index (κ3) is 3.20. The van der Waals surface area contributed by atoms with Crippen LogP contribution in [0.1, 0.15) is 20.9 Å². The Morgan fingerprint density at radius 2 is 2.05 bits per heavy atom. The Kier molecular flexibility index (Phi) is 3.83. The van der Waals surface area contributed by atoms with E-state index >= 15 is 0 Å². The summed E-state index contributed by atoms with van der Waals surface area (Å²) in [6.45, 7) is 0. The molecule has 0 saturated heterocycles. The van der Waals surface area contributed by atoms with Crippen molar-refractivity contribution in [3.05, 3.63) is 71.0 Å². The number of carbonyl (C=O) groups excluding carboxylic acids is 1. The van der Waals surface area contributed by atoms with Crippen LogP contribution in [-0.2, 0) is 13.5 Å². The van der Waals surface area contributed by atoms with Gasteiger partial charge >= 0.3 is 0 Å². The number of carbonyl (C=O) groups is 1. The number of hydrogen-bond donors (Lipinski definition) is 1. The Balaban J connectivity index is 1.68. The number of amides is 1. The zero-order valence-corrected chi connectivity index (χ0v) is 12.4. The van der Waals surface area contributed by atoms with Crippen LogP contribution in [-0.4, -0.2) is 15.5 Å². The first-order valence-corrected chi connectivity index (χ1v) is 7.45. The van der Waals surface area contributed by atoms with Crippen LogP contribution in [0.4, 0.5) is 5.13 Å². The van der Waals surface area contributed by atoms with Gasteiger partial charge < -0.3 is 4.57 Å². The average molecular weight is 297 g/mol. The molecule has 0 aliphatic carbocycles. The summed E-state index contributed by atoms with van der Waals surface area (Å²) in [6, 6.07) is 13.8. The molecule has 0 spiro atoms. The molecule has 3 rings (SSSR count). The van der Waals surface area contributed by atoms with E-state index in [1.165, 1.54) is 16.9 Å². The van der Waals surface area contributed by atoms with Crippen LogP contribution in [0.15, 0.2) is 54.9 Å². The molecule has 1 N–H and O–H groups in total. The van der Waals surface area contributed by atoms with Crippen LogP contribution in [0, 0.1) is 0 Å². The van der Waals surface area contributed by atoms with Gasteiger partial charge in [-0.05, 0) is 17.7 Å². The number of rotatable bonds is 4. The van der Waals surface area contributed by atoms with Crippen LogP contribution >= 0.6 is 11.3 Å². The van der Waals surface area contributed by atoms with Crippen LogP contribution in [0.25, 0.3) is 0 Å². The van der Waals surface area contributed by atoms with Crippen molar-refractivity contribution in [1.29, 1.82) is 0 Å². The highest BCUT2D eigenvalue weighted by Crippen LogP contribution is 2.21. The van der Waals surface area contributed by atoms with E-state index in [1.807, 2.05) is 43.7 Å². The summed E-state index contributed by atoms with van der Waals surface area (Å²) in [7, 11) is 1.84. The minimum Gasteiger partial charge on any atom is -0.347 e. The van der Waals surface area contributed by atoms with Crippen LogP contribution in [0.2, 0.25) is 0 Å². The van der Waals surface area contributed by atoms with Gasteiger partial charge in [0.1, 0.15) is 5.69 Å². The van der Waals surface area contributed by atoms with E-state index < -0.39 is 0 Å². The number of aryl methyl sites for hydroxylation is 1. The van der Waals surface area contributed by atoms with Crippen molar-refractivity contribution < 1.29 is 4.79 Å². The molecule has 0 aliphatic heterocycles. The summed E-state index contributed by atoms with van der Waals surface area (Å²) < 4.78 is 1.79. The molecule has 0 fully saturated rings. The Bertz CT molecular complexity index is 746. The van der Waals surface area contributed by atoms with Gasteiger partial charge in [0.15, 0.2) is 5.13 Å². The Morgan fingerprint density at radius 1 is 1.24 bits per heavy atom. The second-order valence-corrected chi connectivity index (χ2v) is 5.87. The van der Waals surface area contributed by atoms with E-state index in [9.17, 15) is 4.79 Å². The van der Waals surface area contributed by atoms with Crippen molar-refractivity contribution in [2.75, 3.05) is 5.32 Å². The lowest BCUT2D eigenvalue weighted by molar-refractivity contribution is 0.101. The zero-order chi connectivity index (χ0) is 14.7. The van der Waals surface area contributed by atoms with Gasteiger partial charge in [-0.25, -0.2) is 4.98 Å². The molecule has 0 aliphatic rings. The molecule has 0 unspecified atom stereocenters. The van der Waals surface area contributed by atoms with Crippen LogP contribution < -0.4 is 5.32 Å². The monoisotopic (exact) mass is 297 g/mol. The predicted octanol–water partition coefficient (Wildman–Crippen LogP) is 3.32. The molecule has 0 atom stereocenters. The fourth-order valence-electron chi connectivity index (χ4n) is 2.10. The van der Waals surface area contributed by atoms with Gasteiger partial charge in [0.25, 0.3) is 5.91 Å². The van der Waals surface area contributed by atoms with Gasteiger partial charge in [-0.3, -0.25) is 10.1 Å². The lowest BCUT2D eigenvalue weighted by Crippen LogP contribution is -2.14. The standard InChI is InChI=1S/C16H15N3OS/c1-19-9-5-8-14(19)15(20)18-16-17-11-13(21-16)10-12-6-3-2-4-7-12/h2-9,11H,10H2,1H3,(H,17,18,20). The van der Waals surface area contributed by atoms with E-state index in [0.717, 1.165) is 11.3 Å². The highest BCUT2D eigenvalue weighted by molar-refractivity contribution is 7.15. The van der Waals surface area contributed by atoms with Crippen molar-refractivity contribution in [3.63, 3.8) is 0 Å². The number of benzene rings is 1. The Labute approximate surface area is 127 Å². The number of nitrogens with zero attached hydrogens (tertiary/aromatic N) is 2. The smallest absolute Gasteiger partial charge is 0.274 e. The van der Waals surface area contributed by atoms with Crippen LogP contribution in [0.5, 0.6) is 0 Å². The third-order valence-corrected chi connectivity index (χ3v) is 4.08. The Morgan fingerprint density at radius 3 is 2.76 bits per heavy atom. The summed E-state index contributed by atoms with van der Waals surface area (Å²) in [5, 5.41) is 3.47. The fourth-order valence-corrected chi connectivity index (χ4v) is 2.94. The zero-order valence-electron chi connectivity index (χ0n) is 11.6. The Hall–Kier alpha value is -2.40. The maximum absolute atomic E-state index is 12.1. The predicted molar refractivity (Wildman–Crippen MR) is 84.7 cm³/mol. The number of thiazole rings is 1. The third-order valence-electron chi connectivity index (χ3n) is 3.17. The largest absolute Gasteiger partial charge is 0.347 e. The van der Waals surface area contributed by atoms with Gasteiger partial charge in [0.05, 0.1) is 0 Å². The first-order valence-electron chi connectivity index (χ1n) is 6.64. The first kappa shape index (κ1) is 13.6. The van der Waals surface area contributed by atoms with Gasteiger partial charge in [0.2, 0.25) is 0 Å². The summed E-state index contributed by atoms with van der Waals surface area (Å²) in [6.07, 6.45) is 4.49. The average Bonchev–Trinajstić information content (AvgIpc) is 3.09. The topological polar surface area (TPSA) is 46.9 Å². The second kappa shape index (κ2) is 5.93.